The second-order valence-corrected chi connectivity index (χ2v) is 3.30. The molecule has 0 fully saturated rings. The van der Waals surface area contributed by atoms with Crippen LogP contribution >= 0.6 is 0 Å². The molecule has 0 aliphatic carbocycles. The van der Waals surface area contributed by atoms with Crippen molar-refractivity contribution >= 4 is 0 Å². The minimum absolute atomic E-state index is 0.0868. The molecule has 0 saturated carbocycles. The van der Waals surface area contributed by atoms with Crippen LogP contribution in [0.2, 0.25) is 0 Å². The number of alkyl halides is 3. The van der Waals surface area contributed by atoms with E-state index in [-0.39, 0.29) is 12.0 Å². The molecule has 0 amide bonds. The lowest BCUT2D eigenvalue weighted by molar-refractivity contribution is -0.138. The van der Waals surface area contributed by atoms with Crippen molar-refractivity contribution in [2.75, 3.05) is 6.61 Å². The Morgan fingerprint density at radius 3 is 2.50 bits per heavy atom. The number of allylic oxidation sites excluding steroid dienone is 1. The van der Waals surface area contributed by atoms with Crippen LogP contribution in [-0.4, -0.2) is 6.61 Å². The fraction of sp³-hybridized carbons (Fsp3) is 0.333. The third-order valence-electron chi connectivity index (χ3n) is 2.06. The summed E-state index contributed by atoms with van der Waals surface area (Å²) in [6.45, 7) is 5.75. The molecule has 88 valence electrons. The molecule has 1 aromatic rings. The molecule has 0 N–H and O–H groups in total. The lowest BCUT2D eigenvalue weighted by atomic mass is 10.0. The standard InChI is InChI=1S/C12H13F3O/c1-3-16-9(2)8-10-6-4-5-7-11(10)12(13,14)15/h4-7H,2-3,8H2,1H3. The Labute approximate surface area is 92.5 Å². The molecule has 0 heterocycles. The van der Waals surface area contributed by atoms with Crippen LogP contribution in [0.25, 0.3) is 0 Å². The number of ether oxygens (including phenoxy) is 1. The Kier molecular flexibility index (Phi) is 3.99. The molecule has 0 unspecified atom stereocenters. The van der Waals surface area contributed by atoms with Crippen LogP contribution in [0, 0.1) is 0 Å². The van der Waals surface area contributed by atoms with Gasteiger partial charge in [0.25, 0.3) is 0 Å². The van der Waals surface area contributed by atoms with E-state index in [0.717, 1.165) is 6.07 Å². The van der Waals surface area contributed by atoms with Crippen molar-refractivity contribution < 1.29 is 17.9 Å². The summed E-state index contributed by atoms with van der Waals surface area (Å²) < 4.78 is 42.9. The van der Waals surface area contributed by atoms with Gasteiger partial charge in [-0.25, -0.2) is 0 Å². The number of halogens is 3. The summed E-state index contributed by atoms with van der Waals surface area (Å²) in [6, 6.07) is 5.45. The van der Waals surface area contributed by atoms with Crippen molar-refractivity contribution in [3.63, 3.8) is 0 Å². The molecule has 1 rings (SSSR count). The molecular weight excluding hydrogens is 217 g/mol. The molecule has 1 aromatic carbocycles. The largest absolute Gasteiger partial charge is 0.498 e. The first-order valence-corrected chi connectivity index (χ1v) is 4.90. The highest BCUT2D eigenvalue weighted by Crippen LogP contribution is 2.32. The van der Waals surface area contributed by atoms with E-state index in [9.17, 15) is 13.2 Å². The van der Waals surface area contributed by atoms with Gasteiger partial charge in [0.05, 0.1) is 17.9 Å². The molecular formula is C12H13F3O. The third-order valence-corrected chi connectivity index (χ3v) is 2.06. The third kappa shape index (κ3) is 3.29. The van der Waals surface area contributed by atoms with E-state index in [4.69, 9.17) is 4.74 Å². The highest BCUT2D eigenvalue weighted by atomic mass is 19.4. The van der Waals surface area contributed by atoms with Crippen LogP contribution in [0.1, 0.15) is 18.1 Å². The summed E-state index contributed by atoms with van der Waals surface area (Å²) >= 11 is 0. The summed E-state index contributed by atoms with van der Waals surface area (Å²) in [5.41, 5.74) is -0.440. The van der Waals surface area contributed by atoms with Gasteiger partial charge in [-0.2, -0.15) is 13.2 Å². The van der Waals surface area contributed by atoms with E-state index in [1.165, 1.54) is 12.1 Å². The van der Waals surface area contributed by atoms with Gasteiger partial charge < -0.3 is 4.74 Å². The van der Waals surface area contributed by atoms with E-state index in [2.05, 4.69) is 6.58 Å². The van der Waals surface area contributed by atoms with Gasteiger partial charge in [0, 0.05) is 6.42 Å². The number of rotatable bonds is 4. The van der Waals surface area contributed by atoms with Crippen LogP contribution in [0.3, 0.4) is 0 Å². The second-order valence-electron chi connectivity index (χ2n) is 3.30. The maximum absolute atomic E-state index is 12.6. The lowest BCUT2D eigenvalue weighted by Gasteiger charge is -2.13. The molecule has 4 heteroatoms. The van der Waals surface area contributed by atoms with Crippen molar-refractivity contribution in [1.82, 2.24) is 0 Å². The summed E-state index contributed by atoms with van der Waals surface area (Å²) in [6.07, 6.45) is -4.24. The lowest BCUT2D eigenvalue weighted by Crippen LogP contribution is -2.09. The maximum atomic E-state index is 12.6. The minimum Gasteiger partial charge on any atom is -0.498 e. The van der Waals surface area contributed by atoms with Gasteiger partial charge in [-0.1, -0.05) is 24.8 Å². The van der Waals surface area contributed by atoms with E-state index in [0.29, 0.717) is 12.4 Å². The molecule has 0 aliphatic heterocycles. The number of benzene rings is 1. The first-order valence-electron chi connectivity index (χ1n) is 4.90. The molecule has 0 atom stereocenters. The first-order chi connectivity index (χ1) is 7.45. The van der Waals surface area contributed by atoms with Crippen molar-refractivity contribution in [2.24, 2.45) is 0 Å². The molecule has 1 nitrogen and oxygen atoms in total. The van der Waals surface area contributed by atoms with Crippen molar-refractivity contribution in [2.45, 2.75) is 19.5 Å². The SMILES string of the molecule is C=C(Cc1ccccc1C(F)(F)F)OCC. The Balaban J connectivity index is 2.92. The molecule has 0 bridgehead atoms. The summed E-state index contributed by atoms with van der Waals surface area (Å²) in [5, 5.41) is 0. The average molecular weight is 230 g/mol. The Bertz CT molecular complexity index is 369. The van der Waals surface area contributed by atoms with Gasteiger partial charge in [-0.3, -0.25) is 0 Å². The highest BCUT2D eigenvalue weighted by molar-refractivity contribution is 5.31. The van der Waals surface area contributed by atoms with Crippen molar-refractivity contribution in [3.05, 3.63) is 47.7 Å². The van der Waals surface area contributed by atoms with Gasteiger partial charge in [0.2, 0.25) is 0 Å². The number of hydrogen-bond donors (Lipinski definition) is 0. The van der Waals surface area contributed by atoms with Crippen molar-refractivity contribution in [3.8, 4) is 0 Å². The zero-order valence-corrected chi connectivity index (χ0v) is 8.97. The zero-order valence-electron chi connectivity index (χ0n) is 8.97. The van der Waals surface area contributed by atoms with Crippen LogP contribution in [-0.2, 0) is 17.3 Å². The van der Waals surface area contributed by atoms with Crippen LogP contribution in [0.5, 0.6) is 0 Å². The molecule has 0 aliphatic rings. The van der Waals surface area contributed by atoms with E-state index < -0.39 is 11.7 Å². The average Bonchev–Trinajstić information content (AvgIpc) is 2.17. The topological polar surface area (TPSA) is 9.23 Å². The Morgan fingerprint density at radius 2 is 1.94 bits per heavy atom. The predicted octanol–water partition coefficient (Wildman–Crippen LogP) is 3.80. The molecule has 0 saturated heterocycles. The van der Waals surface area contributed by atoms with Gasteiger partial charge in [-0.15, -0.1) is 0 Å². The summed E-state index contributed by atoms with van der Waals surface area (Å²) in [5.74, 6) is 0.346. The summed E-state index contributed by atoms with van der Waals surface area (Å²) in [4.78, 5) is 0. The van der Waals surface area contributed by atoms with Crippen molar-refractivity contribution in [1.29, 1.82) is 0 Å². The monoisotopic (exact) mass is 230 g/mol. The number of hydrogen-bond acceptors (Lipinski definition) is 1. The van der Waals surface area contributed by atoms with Gasteiger partial charge in [0.15, 0.2) is 0 Å². The maximum Gasteiger partial charge on any atom is 0.416 e. The first kappa shape index (κ1) is 12.6. The fourth-order valence-corrected chi connectivity index (χ4v) is 1.42. The Hall–Kier alpha value is -1.45. The van der Waals surface area contributed by atoms with Crippen LogP contribution < -0.4 is 0 Å². The zero-order chi connectivity index (χ0) is 12.2. The second kappa shape index (κ2) is 5.05. The molecule has 0 radical (unpaired) electrons. The normalized spacial score (nSPS) is 11.2. The Morgan fingerprint density at radius 1 is 1.31 bits per heavy atom. The van der Waals surface area contributed by atoms with Crippen LogP contribution in [0.15, 0.2) is 36.6 Å². The van der Waals surface area contributed by atoms with E-state index in [1.54, 1.807) is 13.0 Å². The van der Waals surface area contributed by atoms with E-state index >= 15 is 0 Å². The molecule has 0 spiro atoms. The smallest absolute Gasteiger partial charge is 0.416 e. The van der Waals surface area contributed by atoms with E-state index in [1.807, 2.05) is 0 Å². The predicted molar refractivity (Wildman–Crippen MR) is 55.9 cm³/mol. The van der Waals surface area contributed by atoms with Crippen LogP contribution in [0.4, 0.5) is 13.2 Å². The minimum atomic E-state index is -4.33. The highest BCUT2D eigenvalue weighted by Gasteiger charge is 2.32. The summed E-state index contributed by atoms with van der Waals surface area (Å²) in [7, 11) is 0. The van der Waals surface area contributed by atoms with Gasteiger partial charge >= 0.3 is 6.18 Å². The molecule has 0 aromatic heterocycles. The van der Waals surface area contributed by atoms with Gasteiger partial charge in [-0.05, 0) is 18.6 Å². The fourth-order valence-electron chi connectivity index (χ4n) is 1.42. The van der Waals surface area contributed by atoms with Gasteiger partial charge in [0.1, 0.15) is 0 Å². The quantitative estimate of drug-likeness (QED) is 0.715. The molecule has 16 heavy (non-hydrogen) atoms.